The molecule has 2 unspecified atom stereocenters. The van der Waals surface area contributed by atoms with Crippen LogP contribution in [0.5, 0.6) is 0 Å². The molecule has 1 amide bonds. The maximum atomic E-state index is 13.2. The van der Waals surface area contributed by atoms with Gasteiger partial charge in [-0.1, -0.05) is 48.3 Å². The lowest BCUT2D eigenvalue weighted by Gasteiger charge is -2.31. The van der Waals surface area contributed by atoms with Crippen LogP contribution in [-0.4, -0.2) is 25.5 Å². The molecule has 2 N–H and O–H groups in total. The zero-order valence-corrected chi connectivity index (χ0v) is 17.9. The van der Waals surface area contributed by atoms with Gasteiger partial charge in [0, 0.05) is 34.1 Å². The number of methoxy groups -OCH3 is 1. The molecule has 5 nitrogen and oxygen atoms in total. The lowest BCUT2D eigenvalue weighted by molar-refractivity contribution is -0.141. The predicted octanol–water partition coefficient (Wildman–Crippen LogP) is 4.56. The van der Waals surface area contributed by atoms with Gasteiger partial charge < -0.3 is 10.1 Å². The third-order valence-corrected chi connectivity index (χ3v) is 5.73. The van der Waals surface area contributed by atoms with Crippen LogP contribution in [0.15, 0.2) is 42.5 Å². The van der Waals surface area contributed by atoms with E-state index in [0.29, 0.717) is 41.5 Å². The van der Waals surface area contributed by atoms with Crippen LogP contribution in [0.3, 0.4) is 0 Å². The Kier molecular flexibility index (Phi) is 6.83. The van der Waals surface area contributed by atoms with Crippen molar-refractivity contribution in [2.45, 2.75) is 31.7 Å². The summed E-state index contributed by atoms with van der Waals surface area (Å²) in [6.45, 7) is 2.60. The molecule has 2 aromatic rings. The van der Waals surface area contributed by atoms with Crippen LogP contribution >= 0.6 is 23.2 Å². The summed E-state index contributed by atoms with van der Waals surface area (Å²) >= 11 is 12.3. The van der Waals surface area contributed by atoms with Crippen molar-refractivity contribution in [1.29, 1.82) is 0 Å². The number of esters is 1. The summed E-state index contributed by atoms with van der Waals surface area (Å²) in [6, 6.07) is 12.9. The van der Waals surface area contributed by atoms with Crippen LogP contribution < -0.4 is 10.6 Å². The molecule has 29 heavy (non-hydrogen) atoms. The standard InChI is InChI=1S/C22H24Cl2N2O3/c1-14(6-9-20(27)29-2)13-25-22(12-15-4-3-5-16(23)10-15)18-8-7-17(24)11-19(18)26-21(22)28/h3-5,7-8,10-11,14,25H,6,9,12-13H2,1-2H3,(H,26,28). The number of hydrogen-bond donors (Lipinski definition) is 2. The van der Waals surface area contributed by atoms with E-state index >= 15 is 0 Å². The molecule has 0 bridgehead atoms. The van der Waals surface area contributed by atoms with Gasteiger partial charge in [-0.2, -0.15) is 0 Å². The van der Waals surface area contributed by atoms with E-state index in [0.717, 1.165) is 11.1 Å². The highest BCUT2D eigenvalue weighted by atomic mass is 35.5. The molecule has 0 radical (unpaired) electrons. The van der Waals surface area contributed by atoms with Gasteiger partial charge in [0.2, 0.25) is 5.91 Å². The molecule has 0 saturated heterocycles. The number of carbonyl (C=O) groups excluding carboxylic acids is 2. The number of halogens is 2. The second-order valence-electron chi connectivity index (χ2n) is 7.46. The largest absolute Gasteiger partial charge is 0.469 e. The topological polar surface area (TPSA) is 67.4 Å². The minimum absolute atomic E-state index is 0.130. The summed E-state index contributed by atoms with van der Waals surface area (Å²) in [4.78, 5) is 24.6. The second kappa shape index (κ2) is 9.16. The summed E-state index contributed by atoms with van der Waals surface area (Å²) in [5.74, 6) is -0.187. The summed E-state index contributed by atoms with van der Waals surface area (Å²) in [6.07, 6.45) is 1.46. The van der Waals surface area contributed by atoms with Gasteiger partial charge in [0.15, 0.2) is 0 Å². The van der Waals surface area contributed by atoms with Gasteiger partial charge in [0.1, 0.15) is 5.54 Å². The SMILES string of the molecule is COC(=O)CCC(C)CNC1(Cc2cccc(Cl)c2)C(=O)Nc2cc(Cl)ccc21. The van der Waals surface area contributed by atoms with Crippen molar-refractivity contribution in [2.75, 3.05) is 19.0 Å². The van der Waals surface area contributed by atoms with Crippen molar-refractivity contribution in [3.05, 3.63) is 63.6 Å². The molecule has 0 fully saturated rings. The lowest BCUT2D eigenvalue weighted by Crippen LogP contribution is -2.51. The quantitative estimate of drug-likeness (QED) is 0.597. The van der Waals surface area contributed by atoms with Crippen molar-refractivity contribution in [3.63, 3.8) is 0 Å². The fourth-order valence-electron chi connectivity index (χ4n) is 3.63. The highest BCUT2D eigenvalue weighted by Gasteiger charge is 2.46. The number of benzene rings is 2. The molecule has 3 rings (SSSR count). The Bertz CT molecular complexity index is 919. The number of hydrogen-bond acceptors (Lipinski definition) is 4. The highest BCUT2D eigenvalue weighted by Crippen LogP contribution is 2.40. The van der Waals surface area contributed by atoms with Crippen molar-refractivity contribution in [1.82, 2.24) is 5.32 Å². The normalized spacial score (nSPS) is 18.8. The van der Waals surface area contributed by atoms with E-state index in [1.807, 2.05) is 37.3 Å². The number of fused-ring (bicyclic) bond motifs is 1. The van der Waals surface area contributed by atoms with E-state index in [2.05, 4.69) is 10.6 Å². The Morgan fingerprint density at radius 2 is 1.97 bits per heavy atom. The first-order valence-electron chi connectivity index (χ1n) is 9.52. The molecule has 1 aliphatic heterocycles. The van der Waals surface area contributed by atoms with Gasteiger partial charge in [-0.05, 0) is 48.7 Å². The average molecular weight is 435 g/mol. The van der Waals surface area contributed by atoms with Crippen molar-refractivity contribution >= 4 is 40.8 Å². The summed E-state index contributed by atoms with van der Waals surface area (Å²) in [5, 5.41) is 7.62. The fourth-order valence-corrected chi connectivity index (χ4v) is 4.01. The van der Waals surface area contributed by atoms with E-state index in [1.54, 1.807) is 12.1 Å². The monoisotopic (exact) mass is 434 g/mol. The second-order valence-corrected chi connectivity index (χ2v) is 8.33. The molecule has 2 aromatic carbocycles. The predicted molar refractivity (Wildman–Crippen MR) is 115 cm³/mol. The van der Waals surface area contributed by atoms with Crippen LogP contribution in [0.25, 0.3) is 0 Å². The molecule has 0 aliphatic carbocycles. The number of ether oxygens (including phenoxy) is 1. The molecular formula is C22H24Cl2N2O3. The van der Waals surface area contributed by atoms with Crippen LogP contribution in [0, 0.1) is 5.92 Å². The zero-order chi connectivity index (χ0) is 21.0. The van der Waals surface area contributed by atoms with Gasteiger partial charge in [0.05, 0.1) is 7.11 Å². The summed E-state index contributed by atoms with van der Waals surface area (Å²) in [7, 11) is 1.39. The first kappa shape index (κ1) is 21.6. The van der Waals surface area contributed by atoms with E-state index in [4.69, 9.17) is 27.9 Å². The lowest BCUT2D eigenvalue weighted by atomic mass is 9.84. The Labute approximate surface area is 180 Å². The Morgan fingerprint density at radius 1 is 1.21 bits per heavy atom. The van der Waals surface area contributed by atoms with Crippen LogP contribution in [0.2, 0.25) is 10.0 Å². The molecule has 154 valence electrons. The third kappa shape index (κ3) is 4.92. The van der Waals surface area contributed by atoms with Gasteiger partial charge >= 0.3 is 5.97 Å². The number of nitrogens with one attached hydrogen (secondary N) is 2. The molecule has 0 spiro atoms. The van der Waals surface area contributed by atoms with E-state index < -0.39 is 5.54 Å². The van der Waals surface area contributed by atoms with Crippen molar-refractivity contribution in [3.8, 4) is 0 Å². The minimum atomic E-state index is -0.940. The molecule has 2 atom stereocenters. The number of amides is 1. The third-order valence-electron chi connectivity index (χ3n) is 5.26. The highest BCUT2D eigenvalue weighted by molar-refractivity contribution is 6.31. The van der Waals surface area contributed by atoms with Crippen molar-refractivity contribution < 1.29 is 14.3 Å². The Hall–Kier alpha value is -2.08. The minimum Gasteiger partial charge on any atom is -0.469 e. The van der Waals surface area contributed by atoms with Gasteiger partial charge in [-0.15, -0.1) is 0 Å². The van der Waals surface area contributed by atoms with E-state index in [9.17, 15) is 9.59 Å². The van der Waals surface area contributed by atoms with Crippen LogP contribution in [0.4, 0.5) is 5.69 Å². The maximum absolute atomic E-state index is 13.2. The Balaban J connectivity index is 1.87. The molecule has 1 aliphatic rings. The smallest absolute Gasteiger partial charge is 0.305 e. The zero-order valence-electron chi connectivity index (χ0n) is 16.4. The first-order valence-corrected chi connectivity index (χ1v) is 10.3. The van der Waals surface area contributed by atoms with E-state index in [1.165, 1.54) is 7.11 Å². The first-order chi connectivity index (χ1) is 13.8. The fraction of sp³-hybridized carbons (Fsp3) is 0.364. The van der Waals surface area contributed by atoms with Crippen molar-refractivity contribution in [2.24, 2.45) is 5.92 Å². The van der Waals surface area contributed by atoms with Gasteiger partial charge in [0.25, 0.3) is 0 Å². The van der Waals surface area contributed by atoms with Crippen LogP contribution in [-0.2, 0) is 26.3 Å². The Morgan fingerprint density at radius 3 is 2.69 bits per heavy atom. The molecule has 0 saturated carbocycles. The van der Waals surface area contributed by atoms with Gasteiger partial charge in [-0.3, -0.25) is 14.9 Å². The number of rotatable bonds is 8. The molecule has 0 aromatic heterocycles. The summed E-state index contributed by atoms with van der Waals surface area (Å²) in [5.41, 5.74) is 1.57. The average Bonchev–Trinajstić information content (AvgIpc) is 2.95. The van der Waals surface area contributed by atoms with Gasteiger partial charge in [-0.25, -0.2) is 0 Å². The molecule has 7 heteroatoms. The maximum Gasteiger partial charge on any atom is 0.305 e. The van der Waals surface area contributed by atoms with Crippen LogP contribution in [0.1, 0.15) is 30.9 Å². The summed E-state index contributed by atoms with van der Waals surface area (Å²) < 4.78 is 4.71. The number of carbonyl (C=O) groups is 2. The molecular weight excluding hydrogens is 411 g/mol. The number of anilines is 1. The van der Waals surface area contributed by atoms with E-state index in [-0.39, 0.29) is 17.8 Å². The molecule has 1 heterocycles.